The van der Waals surface area contributed by atoms with Crippen LogP contribution >= 0.6 is 11.3 Å². The number of hydrogen-bond acceptors (Lipinski definition) is 5. The average molecular weight is 339 g/mol. The Hall–Kier alpha value is -2.05. The molecule has 0 spiro atoms. The van der Waals surface area contributed by atoms with Gasteiger partial charge in [0.25, 0.3) is 0 Å². The minimum Gasteiger partial charge on any atom is -0.297 e. The van der Waals surface area contributed by atoms with Crippen molar-refractivity contribution in [3.8, 4) is 5.69 Å². The summed E-state index contributed by atoms with van der Waals surface area (Å²) < 4.78 is 2.13. The van der Waals surface area contributed by atoms with Gasteiger partial charge in [-0.25, -0.2) is 4.98 Å². The summed E-state index contributed by atoms with van der Waals surface area (Å²) in [4.78, 5) is 8.27. The van der Waals surface area contributed by atoms with Gasteiger partial charge in [-0.05, 0) is 38.4 Å². The van der Waals surface area contributed by atoms with E-state index in [-0.39, 0.29) is 0 Å². The highest BCUT2D eigenvalue weighted by molar-refractivity contribution is 7.09. The van der Waals surface area contributed by atoms with Crippen molar-refractivity contribution in [3.63, 3.8) is 0 Å². The van der Waals surface area contributed by atoms with Crippen molar-refractivity contribution in [2.45, 2.75) is 32.2 Å². The number of aromatic nitrogens is 4. The van der Waals surface area contributed by atoms with Gasteiger partial charge < -0.3 is 0 Å². The predicted molar refractivity (Wildman–Crippen MR) is 95.5 cm³/mol. The molecule has 0 amide bonds. The highest BCUT2D eigenvalue weighted by Gasteiger charge is 2.26. The second-order valence-corrected chi connectivity index (χ2v) is 7.27. The zero-order chi connectivity index (χ0) is 16.4. The van der Waals surface area contributed by atoms with E-state index in [0.29, 0.717) is 5.92 Å². The lowest BCUT2D eigenvalue weighted by Crippen LogP contribution is -2.34. The molecule has 0 saturated carbocycles. The van der Waals surface area contributed by atoms with Crippen LogP contribution < -0.4 is 0 Å². The molecule has 1 unspecified atom stereocenters. The number of piperidine rings is 1. The molecule has 3 heterocycles. The maximum Gasteiger partial charge on any atom is 0.141 e. The van der Waals surface area contributed by atoms with Gasteiger partial charge in [-0.2, -0.15) is 0 Å². The minimum absolute atomic E-state index is 0.426. The maximum atomic E-state index is 4.44. The molecule has 0 N–H and O–H groups in total. The van der Waals surface area contributed by atoms with Crippen molar-refractivity contribution < 1.29 is 0 Å². The Morgan fingerprint density at radius 1 is 1.25 bits per heavy atom. The number of aryl methyl sites for hydroxylation is 1. The highest BCUT2D eigenvalue weighted by atomic mass is 32.1. The van der Waals surface area contributed by atoms with Crippen LogP contribution in [-0.4, -0.2) is 37.7 Å². The Bertz CT molecular complexity index is 795. The number of para-hydroxylation sites is 1. The molecule has 0 radical (unpaired) electrons. The van der Waals surface area contributed by atoms with Gasteiger partial charge in [-0.3, -0.25) is 9.47 Å². The molecule has 1 atom stereocenters. The van der Waals surface area contributed by atoms with Crippen molar-refractivity contribution in [1.82, 2.24) is 24.6 Å². The summed E-state index contributed by atoms with van der Waals surface area (Å²) in [5, 5.41) is 8.62. The van der Waals surface area contributed by atoms with Gasteiger partial charge in [0.1, 0.15) is 12.2 Å². The zero-order valence-corrected chi connectivity index (χ0v) is 14.6. The van der Waals surface area contributed by atoms with E-state index >= 15 is 0 Å². The fraction of sp³-hybridized carbons (Fsp3) is 0.389. The van der Waals surface area contributed by atoms with Crippen LogP contribution in [0.3, 0.4) is 0 Å². The lowest BCUT2D eigenvalue weighted by molar-refractivity contribution is 0.197. The third-order valence-electron chi connectivity index (χ3n) is 4.69. The topological polar surface area (TPSA) is 46.8 Å². The van der Waals surface area contributed by atoms with Gasteiger partial charge in [0.05, 0.1) is 11.2 Å². The molecule has 0 bridgehead atoms. The van der Waals surface area contributed by atoms with E-state index in [0.717, 1.165) is 36.8 Å². The van der Waals surface area contributed by atoms with Gasteiger partial charge in [-0.15, -0.1) is 21.5 Å². The fourth-order valence-electron chi connectivity index (χ4n) is 3.40. The number of benzene rings is 1. The summed E-state index contributed by atoms with van der Waals surface area (Å²) in [6, 6.07) is 10.4. The normalized spacial score (nSPS) is 18.8. The summed E-state index contributed by atoms with van der Waals surface area (Å²) in [5.74, 6) is 1.50. The summed E-state index contributed by atoms with van der Waals surface area (Å²) in [6.45, 7) is 5.27. The number of rotatable bonds is 4. The summed E-state index contributed by atoms with van der Waals surface area (Å²) in [7, 11) is 0. The van der Waals surface area contributed by atoms with Gasteiger partial charge in [-0.1, -0.05) is 18.2 Å². The van der Waals surface area contributed by atoms with Crippen LogP contribution in [0.1, 0.15) is 35.2 Å². The lowest BCUT2D eigenvalue weighted by atomic mass is 9.97. The minimum atomic E-state index is 0.426. The summed E-state index contributed by atoms with van der Waals surface area (Å²) in [6.07, 6.45) is 4.20. The highest BCUT2D eigenvalue weighted by Crippen LogP contribution is 2.28. The average Bonchev–Trinajstić information content (AvgIpc) is 3.26. The largest absolute Gasteiger partial charge is 0.297 e. The van der Waals surface area contributed by atoms with Crippen LogP contribution in [0.4, 0.5) is 0 Å². The number of likely N-dealkylation sites (tertiary alicyclic amines) is 1. The zero-order valence-electron chi connectivity index (χ0n) is 13.8. The first-order valence-electron chi connectivity index (χ1n) is 8.38. The Kier molecular flexibility index (Phi) is 4.40. The van der Waals surface area contributed by atoms with E-state index in [4.69, 9.17) is 0 Å². The van der Waals surface area contributed by atoms with Crippen molar-refractivity contribution in [2.75, 3.05) is 13.1 Å². The summed E-state index contributed by atoms with van der Waals surface area (Å²) in [5.41, 5.74) is 4.24. The second kappa shape index (κ2) is 6.83. The Morgan fingerprint density at radius 2 is 2.12 bits per heavy atom. The second-order valence-electron chi connectivity index (χ2n) is 6.33. The predicted octanol–water partition coefficient (Wildman–Crippen LogP) is 3.41. The third kappa shape index (κ3) is 3.12. The molecule has 124 valence electrons. The smallest absolute Gasteiger partial charge is 0.141 e. The standard InChI is InChI=1S/C18H21N5S/c1-14-17(24-13-19-14)11-22-9-5-6-15(10-22)18-21-20-12-23(18)16-7-3-2-4-8-16/h2-4,7-8,12-13,15H,5-6,9-11H2,1H3. The molecule has 1 fully saturated rings. The van der Waals surface area contributed by atoms with Crippen LogP contribution in [0.15, 0.2) is 42.2 Å². The van der Waals surface area contributed by atoms with E-state index < -0.39 is 0 Å². The molecule has 0 aliphatic carbocycles. The van der Waals surface area contributed by atoms with Crippen LogP contribution in [0.5, 0.6) is 0 Å². The number of hydrogen-bond donors (Lipinski definition) is 0. The van der Waals surface area contributed by atoms with E-state index in [1.54, 1.807) is 11.3 Å². The molecule has 24 heavy (non-hydrogen) atoms. The molecule has 4 rings (SSSR count). The first-order chi connectivity index (χ1) is 11.8. The quantitative estimate of drug-likeness (QED) is 0.731. The molecule has 6 heteroatoms. The Balaban J connectivity index is 1.53. The first kappa shape index (κ1) is 15.5. The molecule has 2 aromatic heterocycles. The van der Waals surface area contributed by atoms with E-state index in [9.17, 15) is 0 Å². The number of thiazole rings is 1. The van der Waals surface area contributed by atoms with Crippen LogP contribution in [0.2, 0.25) is 0 Å². The van der Waals surface area contributed by atoms with Crippen molar-refractivity contribution in [3.05, 3.63) is 58.6 Å². The van der Waals surface area contributed by atoms with Gasteiger partial charge in [0.15, 0.2) is 0 Å². The molecule has 1 aliphatic heterocycles. The van der Waals surface area contributed by atoms with Gasteiger partial charge >= 0.3 is 0 Å². The summed E-state index contributed by atoms with van der Waals surface area (Å²) >= 11 is 1.76. The molecular formula is C18H21N5S. The Labute approximate surface area is 146 Å². The van der Waals surface area contributed by atoms with Crippen molar-refractivity contribution in [2.24, 2.45) is 0 Å². The molecule has 5 nitrogen and oxygen atoms in total. The van der Waals surface area contributed by atoms with E-state index in [1.807, 2.05) is 17.9 Å². The third-order valence-corrected chi connectivity index (χ3v) is 5.61. The number of nitrogens with zero attached hydrogens (tertiary/aromatic N) is 5. The van der Waals surface area contributed by atoms with E-state index in [2.05, 4.69) is 55.8 Å². The molecule has 3 aromatic rings. The Morgan fingerprint density at radius 3 is 2.92 bits per heavy atom. The first-order valence-corrected chi connectivity index (χ1v) is 9.26. The fourth-order valence-corrected chi connectivity index (χ4v) is 4.22. The SMILES string of the molecule is Cc1ncsc1CN1CCCC(c2nncn2-c2ccccc2)C1. The van der Waals surface area contributed by atoms with Crippen LogP contribution in [0, 0.1) is 6.92 Å². The lowest BCUT2D eigenvalue weighted by Gasteiger charge is -2.32. The van der Waals surface area contributed by atoms with Crippen LogP contribution in [0.25, 0.3) is 5.69 Å². The van der Waals surface area contributed by atoms with Crippen molar-refractivity contribution in [1.29, 1.82) is 0 Å². The van der Waals surface area contributed by atoms with E-state index in [1.165, 1.54) is 17.7 Å². The van der Waals surface area contributed by atoms with Gasteiger partial charge in [0.2, 0.25) is 0 Å². The molecule has 1 aromatic carbocycles. The molecule has 1 aliphatic rings. The molecular weight excluding hydrogens is 318 g/mol. The van der Waals surface area contributed by atoms with Crippen LogP contribution in [-0.2, 0) is 6.54 Å². The maximum absolute atomic E-state index is 4.44. The van der Waals surface area contributed by atoms with Crippen molar-refractivity contribution >= 4 is 11.3 Å². The van der Waals surface area contributed by atoms with Gasteiger partial charge in [0, 0.05) is 29.6 Å². The molecule has 1 saturated heterocycles. The monoisotopic (exact) mass is 339 g/mol.